The largest absolute Gasteiger partial charge is 0.507 e. The first-order valence-electron chi connectivity index (χ1n) is 6.64. The summed E-state index contributed by atoms with van der Waals surface area (Å²) in [5.74, 6) is 2.82. The lowest BCUT2D eigenvalue weighted by Gasteiger charge is -2.11. The minimum atomic E-state index is -0.489. The Bertz CT molecular complexity index is 598. The molecule has 0 aromatic heterocycles. The molecule has 1 aliphatic rings. The summed E-state index contributed by atoms with van der Waals surface area (Å²) in [5.41, 5.74) is 1.04. The number of aliphatic imine (C=N–C) groups is 1. The Morgan fingerprint density at radius 1 is 1.55 bits per heavy atom. The molecule has 1 aromatic rings. The van der Waals surface area contributed by atoms with Crippen molar-refractivity contribution in [3.8, 4) is 18.1 Å². The Balaban J connectivity index is 2.28. The highest BCUT2D eigenvalue weighted by molar-refractivity contribution is 6.01. The SMILES string of the molecule is C#Cc1ccc(C2=N[C@@H](C(=O)CCC)[C@@H](C)O2)c(O)c1. The molecule has 0 saturated carbocycles. The van der Waals surface area contributed by atoms with Crippen molar-refractivity contribution in [1.29, 1.82) is 0 Å². The van der Waals surface area contributed by atoms with Gasteiger partial charge in [0, 0.05) is 12.0 Å². The number of aromatic hydroxyl groups is 1. The summed E-state index contributed by atoms with van der Waals surface area (Å²) >= 11 is 0. The van der Waals surface area contributed by atoms with Crippen LogP contribution < -0.4 is 0 Å². The molecule has 1 N–H and O–H groups in total. The van der Waals surface area contributed by atoms with Gasteiger partial charge in [0.1, 0.15) is 17.9 Å². The number of phenols is 1. The summed E-state index contributed by atoms with van der Waals surface area (Å²) in [6.07, 6.45) is 6.23. The second-order valence-electron chi connectivity index (χ2n) is 4.79. The molecule has 0 radical (unpaired) electrons. The number of rotatable bonds is 4. The Morgan fingerprint density at radius 2 is 2.30 bits per heavy atom. The molecular weight excluding hydrogens is 254 g/mol. The number of phenolic OH excluding ortho intramolecular Hbond substituents is 1. The normalized spacial score (nSPS) is 20.9. The van der Waals surface area contributed by atoms with Gasteiger partial charge in [-0.15, -0.1) is 6.42 Å². The van der Waals surface area contributed by atoms with Gasteiger partial charge in [-0.1, -0.05) is 12.8 Å². The molecule has 4 heteroatoms. The first-order chi connectivity index (χ1) is 9.56. The number of Topliss-reactive ketones (excluding diaryl/α,β-unsaturated/α-hetero) is 1. The predicted octanol–water partition coefficient (Wildman–Crippen LogP) is 2.28. The number of carbonyl (C=O) groups is 1. The van der Waals surface area contributed by atoms with Crippen molar-refractivity contribution in [3.63, 3.8) is 0 Å². The van der Waals surface area contributed by atoms with Crippen LogP contribution in [0.1, 0.15) is 37.8 Å². The van der Waals surface area contributed by atoms with Crippen LogP contribution in [0.3, 0.4) is 0 Å². The van der Waals surface area contributed by atoms with Crippen molar-refractivity contribution < 1.29 is 14.6 Å². The summed E-state index contributed by atoms with van der Waals surface area (Å²) < 4.78 is 5.60. The molecule has 1 aromatic carbocycles. The van der Waals surface area contributed by atoms with Gasteiger partial charge in [-0.3, -0.25) is 4.79 Å². The molecule has 0 amide bonds. The van der Waals surface area contributed by atoms with E-state index < -0.39 is 6.04 Å². The summed E-state index contributed by atoms with van der Waals surface area (Å²) in [4.78, 5) is 16.2. The number of nitrogens with zero attached hydrogens (tertiary/aromatic N) is 1. The van der Waals surface area contributed by atoms with E-state index in [1.165, 1.54) is 6.07 Å². The average Bonchev–Trinajstić information content (AvgIpc) is 2.80. The van der Waals surface area contributed by atoms with Gasteiger partial charge < -0.3 is 9.84 Å². The molecule has 1 aliphatic heterocycles. The third-order valence-electron chi connectivity index (χ3n) is 3.22. The van der Waals surface area contributed by atoms with Crippen LogP contribution in [-0.4, -0.2) is 28.9 Å². The van der Waals surface area contributed by atoms with Crippen LogP contribution in [0.25, 0.3) is 0 Å². The second-order valence-corrected chi connectivity index (χ2v) is 4.79. The molecule has 0 spiro atoms. The quantitative estimate of drug-likeness (QED) is 0.855. The Hall–Kier alpha value is -2.28. The lowest BCUT2D eigenvalue weighted by atomic mass is 10.1. The van der Waals surface area contributed by atoms with Crippen LogP contribution >= 0.6 is 0 Å². The van der Waals surface area contributed by atoms with E-state index in [9.17, 15) is 9.90 Å². The van der Waals surface area contributed by atoms with E-state index in [0.717, 1.165) is 6.42 Å². The summed E-state index contributed by atoms with van der Waals surface area (Å²) in [5, 5.41) is 9.96. The number of ether oxygens (including phenoxy) is 1. The van der Waals surface area contributed by atoms with Crippen LogP contribution in [0.2, 0.25) is 0 Å². The van der Waals surface area contributed by atoms with Crippen LogP contribution in [0.4, 0.5) is 0 Å². The minimum absolute atomic E-state index is 0.00925. The van der Waals surface area contributed by atoms with E-state index in [1.54, 1.807) is 12.1 Å². The van der Waals surface area contributed by atoms with Crippen molar-refractivity contribution in [1.82, 2.24) is 0 Å². The number of hydrogen-bond donors (Lipinski definition) is 1. The van der Waals surface area contributed by atoms with Crippen LogP contribution in [0, 0.1) is 12.3 Å². The van der Waals surface area contributed by atoms with Gasteiger partial charge >= 0.3 is 0 Å². The fourth-order valence-corrected chi connectivity index (χ4v) is 2.17. The standard InChI is InChI=1S/C16H17NO3/c1-4-6-13(18)15-10(3)20-16(17-15)12-8-7-11(5-2)9-14(12)19/h2,7-10,15,19H,4,6H2,1,3H3/t10-,15-/m1/s1. The third-order valence-corrected chi connectivity index (χ3v) is 3.22. The maximum absolute atomic E-state index is 11.9. The van der Waals surface area contributed by atoms with Crippen LogP contribution in [0.5, 0.6) is 5.75 Å². The second kappa shape index (κ2) is 5.79. The molecule has 0 bridgehead atoms. The van der Waals surface area contributed by atoms with Crippen LogP contribution in [0.15, 0.2) is 23.2 Å². The molecule has 20 heavy (non-hydrogen) atoms. The minimum Gasteiger partial charge on any atom is -0.507 e. The molecule has 0 unspecified atom stereocenters. The molecule has 1 heterocycles. The first-order valence-corrected chi connectivity index (χ1v) is 6.64. The lowest BCUT2D eigenvalue weighted by Crippen LogP contribution is -2.27. The van der Waals surface area contributed by atoms with Crippen molar-refractivity contribution in [2.75, 3.05) is 0 Å². The Kier molecular flexibility index (Phi) is 4.09. The molecule has 4 nitrogen and oxygen atoms in total. The zero-order valence-electron chi connectivity index (χ0n) is 11.6. The van der Waals surface area contributed by atoms with Gasteiger partial charge in [-0.2, -0.15) is 0 Å². The number of benzene rings is 1. The zero-order chi connectivity index (χ0) is 14.7. The van der Waals surface area contributed by atoms with E-state index in [2.05, 4.69) is 10.9 Å². The van der Waals surface area contributed by atoms with Crippen molar-refractivity contribution in [2.24, 2.45) is 4.99 Å². The Morgan fingerprint density at radius 3 is 2.90 bits per heavy atom. The highest BCUT2D eigenvalue weighted by atomic mass is 16.5. The third kappa shape index (κ3) is 2.67. The van der Waals surface area contributed by atoms with Crippen molar-refractivity contribution in [3.05, 3.63) is 29.3 Å². The maximum atomic E-state index is 11.9. The van der Waals surface area contributed by atoms with E-state index >= 15 is 0 Å². The van der Waals surface area contributed by atoms with Crippen molar-refractivity contribution in [2.45, 2.75) is 38.8 Å². The topological polar surface area (TPSA) is 58.9 Å². The fraction of sp³-hybridized carbons (Fsp3) is 0.375. The molecular formula is C16H17NO3. The summed E-state index contributed by atoms with van der Waals surface area (Å²) in [6.45, 7) is 3.76. The molecule has 2 rings (SSSR count). The molecule has 104 valence electrons. The van der Waals surface area contributed by atoms with Gasteiger partial charge in [-0.25, -0.2) is 4.99 Å². The molecule has 0 saturated heterocycles. The fourth-order valence-electron chi connectivity index (χ4n) is 2.17. The van der Waals surface area contributed by atoms with Gasteiger partial charge in [0.2, 0.25) is 5.90 Å². The molecule has 0 aliphatic carbocycles. The number of ketones is 1. The maximum Gasteiger partial charge on any atom is 0.221 e. The van der Waals surface area contributed by atoms with Gasteiger partial charge in [0.05, 0.1) is 5.56 Å². The smallest absolute Gasteiger partial charge is 0.221 e. The van der Waals surface area contributed by atoms with Gasteiger partial charge in [0.15, 0.2) is 5.78 Å². The highest BCUT2D eigenvalue weighted by Crippen LogP contribution is 2.26. The van der Waals surface area contributed by atoms with Gasteiger partial charge in [-0.05, 0) is 31.5 Å². The van der Waals surface area contributed by atoms with Crippen LogP contribution in [-0.2, 0) is 9.53 Å². The number of terminal acetylenes is 1. The highest BCUT2D eigenvalue weighted by Gasteiger charge is 2.33. The first kappa shape index (κ1) is 14.1. The Labute approximate surface area is 118 Å². The average molecular weight is 271 g/mol. The van der Waals surface area contributed by atoms with E-state index in [0.29, 0.717) is 23.4 Å². The van der Waals surface area contributed by atoms with E-state index in [1.807, 2.05) is 13.8 Å². The monoisotopic (exact) mass is 271 g/mol. The van der Waals surface area contributed by atoms with E-state index in [4.69, 9.17) is 11.2 Å². The van der Waals surface area contributed by atoms with Crippen molar-refractivity contribution >= 4 is 11.7 Å². The summed E-state index contributed by atoms with van der Waals surface area (Å²) in [7, 11) is 0. The number of hydrogen-bond acceptors (Lipinski definition) is 4. The molecule has 2 atom stereocenters. The summed E-state index contributed by atoms with van der Waals surface area (Å²) in [6, 6.07) is 4.35. The predicted molar refractivity (Wildman–Crippen MR) is 76.8 cm³/mol. The van der Waals surface area contributed by atoms with Gasteiger partial charge in [0.25, 0.3) is 0 Å². The lowest BCUT2D eigenvalue weighted by molar-refractivity contribution is -0.121. The zero-order valence-corrected chi connectivity index (χ0v) is 11.6. The number of carbonyl (C=O) groups excluding carboxylic acids is 1. The molecule has 0 fully saturated rings. The van der Waals surface area contributed by atoms with E-state index in [-0.39, 0.29) is 17.6 Å².